The van der Waals surface area contributed by atoms with Gasteiger partial charge in [-0.15, -0.1) is 0 Å². The largest absolute Gasteiger partial charge is 0.467 e. The van der Waals surface area contributed by atoms with Crippen molar-refractivity contribution in [2.75, 3.05) is 12.4 Å². The van der Waals surface area contributed by atoms with Crippen LogP contribution in [0.3, 0.4) is 0 Å². The van der Waals surface area contributed by atoms with Crippen LogP contribution >= 0.6 is 0 Å². The summed E-state index contributed by atoms with van der Waals surface area (Å²) in [5.41, 5.74) is 3.05. The van der Waals surface area contributed by atoms with Crippen LogP contribution in [-0.2, 0) is 15.1 Å². The third-order valence-electron chi connectivity index (χ3n) is 3.69. The normalized spacial score (nSPS) is 13.3. The first-order valence-corrected chi connectivity index (χ1v) is 6.97. The SMILES string of the molecule is COC(=O)C(C)(Nc1ccccc1)c1cc(C)ccc1C. The maximum Gasteiger partial charge on any atom is 0.335 e. The molecule has 0 bridgehead atoms. The first kappa shape index (κ1) is 15.1. The predicted octanol–water partition coefficient (Wildman–Crippen LogP) is 3.80. The fourth-order valence-corrected chi connectivity index (χ4v) is 2.52. The Balaban J connectivity index is 2.51. The molecular weight excluding hydrogens is 262 g/mol. The number of hydrogen-bond donors (Lipinski definition) is 1. The van der Waals surface area contributed by atoms with Crippen molar-refractivity contribution in [1.29, 1.82) is 0 Å². The first-order chi connectivity index (χ1) is 9.97. The molecule has 110 valence electrons. The molecule has 1 unspecified atom stereocenters. The summed E-state index contributed by atoms with van der Waals surface area (Å²) >= 11 is 0. The van der Waals surface area contributed by atoms with Crippen molar-refractivity contribution >= 4 is 11.7 Å². The average Bonchev–Trinajstić information content (AvgIpc) is 2.49. The van der Waals surface area contributed by atoms with E-state index in [1.54, 1.807) is 0 Å². The fraction of sp³-hybridized carbons (Fsp3) is 0.278. The van der Waals surface area contributed by atoms with E-state index in [0.717, 1.165) is 22.4 Å². The number of ether oxygens (including phenoxy) is 1. The molecule has 3 heteroatoms. The Hall–Kier alpha value is -2.29. The lowest BCUT2D eigenvalue weighted by Crippen LogP contribution is -2.42. The number of nitrogens with one attached hydrogen (secondary N) is 1. The molecule has 0 fully saturated rings. The van der Waals surface area contributed by atoms with Gasteiger partial charge in [-0.05, 0) is 44.0 Å². The molecule has 1 N–H and O–H groups in total. The Morgan fingerprint density at radius 1 is 1.10 bits per heavy atom. The zero-order valence-corrected chi connectivity index (χ0v) is 12.9. The number of carbonyl (C=O) groups excluding carboxylic acids is 1. The van der Waals surface area contributed by atoms with Crippen molar-refractivity contribution < 1.29 is 9.53 Å². The van der Waals surface area contributed by atoms with Gasteiger partial charge in [0.25, 0.3) is 0 Å². The molecule has 0 aliphatic heterocycles. The van der Waals surface area contributed by atoms with Gasteiger partial charge < -0.3 is 10.1 Å². The van der Waals surface area contributed by atoms with E-state index in [2.05, 4.69) is 5.32 Å². The summed E-state index contributed by atoms with van der Waals surface area (Å²) in [5.74, 6) is -0.306. The predicted molar refractivity (Wildman–Crippen MR) is 85.3 cm³/mol. The summed E-state index contributed by atoms with van der Waals surface area (Å²) in [4.78, 5) is 12.4. The molecule has 0 aromatic heterocycles. The maximum atomic E-state index is 12.4. The molecule has 2 rings (SSSR count). The number of esters is 1. The molecule has 2 aromatic carbocycles. The molecule has 0 amide bonds. The van der Waals surface area contributed by atoms with Crippen LogP contribution in [0.1, 0.15) is 23.6 Å². The van der Waals surface area contributed by atoms with E-state index < -0.39 is 5.54 Å². The lowest BCUT2D eigenvalue weighted by Gasteiger charge is -2.31. The molecule has 3 nitrogen and oxygen atoms in total. The van der Waals surface area contributed by atoms with Crippen molar-refractivity contribution in [1.82, 2.24) is 0 Å². The fourth-order valence-electron chi connectivity index (χ4n) is 2.52. The van der Waals surface area contributed by atoms with Crippen LogP contribution in [0.5, 0.6) is 0 Å². The van der Waals surface area contributed by atoms with E-state index in [-0.39, 0.29) is 5.97 Å². The molecule has 0 saturated carbocycles. The zero-order chi connectivity index (χ0) is 15.5. The lowest BCUT2D eigenvalue weighted by molar-refractivity contribution is -0.145. The minimum absolute atomic E-state index is 0.306. The molecule has 0 aliphatic rings. The van der Waals surface area contributed by atoms with Gasteiger partial charge >= 0.3 is 5.97 Å². The quantitative estimate of drug-likeness (QED) is 0.867. The van der Waals surface area contributed by atoms with Gasteiger partial charge in [-0.1, -0.05) is 42.0 Å². The van der Waals surface area contributed by atoms with E-state index in [1.807, 2.05) is 69.3 Å². The summed E-state index contributed by atoms with van der Waals surface area (Å²) < 4.78 is 5.04. The van der Waals surface area contributed by atoms with Crippen LogP contribution in [0.2, 0.25) is 0 Å². The number of rotatable bonds is 4. The highest BCUT2D eigenvalue weighted by molar-refractivity contribution is 5.86. The Labute approximate surface area is 126 Å². The second-order valence-corrected chi connectivity index (χ2v) is 5.43. The van der Waals surface area contributed by atoms with Crippen molar-refractivity contribution in [2.24, 2.45) is 0 Å². The molecule has 0 spiro atoms. The van der Waals surface area contributed by atoms with Gasteiger partial charge in [0.15, 0.2) is 5.54 Å². The van der Waals surface area contributed by atoms with Crippen LogP contribution in [0.4, 0.5) is 5.69 Å². The smallest absolute Gasteiger partial charge is 0.335 e. The van der Waals surface area contributed by atoms with Gasteiger partial charge in [0.05, 0.1) is 7.11 Å². The Bertz CT molecular complexity index is 637. The van der Waals surface area contributed by atoms with E-state index >= 15 is 0 Å². The Morgan fingerprint density at radius 3 is 2.38 bits per heavy atom. The molecule has 1 atom stereocenters. The Kier molecular flexibility index (Phi) is 4.32. The van der Waals surface area contributed by atoms with Gasteiger partial charge in [0, 0.05) is 5.69 Å². The number of benzene rings is 2. The van der Waals surface area contributed by atoms with Crippen molar-refractivity contribution in [2.45, 2.75) is 26.3 Å². The summed E-state index contributed by atoms with van der Waals surface area (Å²) in [6, 6.07) is 15.8. The van der Waals surface area contributed by atoms with E-state index in [1.165, 1.54) is 7.11 Å². The van der Waals surface area contributed by atoms with Crippen molar-refractivity contribution in [3.05, 3.63) is 65.2 Å². The Morgan fingerprint density at radius 2 is 1.76 bits per heavy atom. The van der Waals surface area contributed by atoms with Crippen LogP contribution in [-0.4, -0.2) is 13.1 Å². The van der Waals surface area contributed by atoms with E-state index in [4.69, 9.17) is 4.74 Å². The molecule has 0 radical (unpaired) electrons. The molecule has 21 heavy (non-hydrogen) atoms. The van der Waals surface area contributed by atoms with Gasteiger partial charge in [0.1, 0.15) is 0 Å². The maximum absolute atomic E-state index is 12.4. The highest BCUT2D eigenvalue weighted by atomic mass is 16.5. The minimum atomic E-state index is -0.924. The molecule has 0 heterocycles. The number of carbonyl (C=O) groups is 1. The number of hydrogen-bond acceptors (Lipinski definition) is 3. The van der Waals surface area contributed by atoms with E-state index in [9.17, 15) is 4.79 Å². The summed E-state index contributed by atoms with van der Waals surface area (Å²) in [6.45, 7) is 5.87. The number of aryl methyl sites for hydroxylation is 2. The van der Waals surface area contributed by atoms with E-state index in [0.29, 0.717) is 0 Å². The monoisotopic (exact) mass is 283 g/mol. The van der Waals surface area contributed by atoms with Gasteiger partial charge in [-0.25, -0.2) is 4.79 Å². The van der Waals surface area contributed by atoms with Crippen LogP contribution in [0.15, 0.2) is 48.5 Å². The molecule has 0 saturated heterocycles. The third-order valence-corrected chi connectivity index (χ3v) is 3.69. The second-order valence-electron chi connectivity index (χ2n) is 5.43. The third kappa shape index (κ3) is 3.07. The van der Waals surface area contributed by atoms with Gasteiger partial charge in [-0.2, -0.15) is 0 Å². The first-order valence-electron chi connectivity index (χ1n) is 6.97. The van der Waals surface area contributed by atoms with Gasteiger partial charge in [0.2, 0.25) is 0 Å². The molecular formula is C18H21NO2. The summed E-state index contributed by atoms with van der Waals surface area (Å²) in [5, 5.41) is 3.32. The average molecular weight is 283 g/mol. The van der Waals surface area contributed by atoms with Gasteiger partial charge in [-0.3, -0.25) is 0 Å². The standard InChI is InChI=1S/C18H21NO2/c1-13-10-11-14(2)16(12-13)18(3,17(20)21-4)19-15-8-6-5-7-9-15/h5-12,19H,1-4H3. The number of methoxy groups -OCH3 is 1. The topological polar surface area (TPSA) is 38.3 Å². The van der Waals surface area contributed by atoms with Crippen LogP contribution in [0.25, 0.3) is 0 Å². The van der Waals surface area contributed by atoms with Crippen molar-refractivity contribution in [3.63, 3.8) is 0 Å². The second kappa shape index (κ2) is 6.00. The number of para-hydroxylation sites is 1. The highest BCUT2D eigenvalue weighted by Crippen LogP contribution is 2.30. The number of anilines is 1. The minimum Gasteiger partial charge on any atom is -0.467 e. The van der Waals surface area contributed by atoms with Crippen LogP contribution in [0, 0.1) is 13.8 Å². The highest BCUT2D eigenvalue weighted by Gasteiger charge is 2.37. The molecule has 0 aliphatic carbocycles. The lowest BCUT2D eigenvalue weighted by atomic mass is 9.87. The van der Waals surface area contributed by atoms with Crippen molar-refractivity contribution in [3.8, 4) is 0 Å². The zero-order valence-electron chi connectivity index (χ0n) is 12.9. The molecule has 2 aromatic rings. The summed E-state index contributed by atoms with van der Waals surface area (Å²) in [7, 11) is 1.42. The summed E-state index contributed by atoms with van der Waals surface area (Å²) in [6.07, 6.45) is 0. The van der Waals surface area contributed by atoms with Crippen LogP contribution < -0.4 is 5.32 Å².